The van der Waals surface area contributed by atoms with Crippen LogP contribution >= 0.6 is 0 Å². The first-order valence-corrected chi connectivity index (χ1v) is 11.5. The molecule has 3 heterocycles. The fourth-order valence-electron chi connectivity index (χ4n) is 3.69. The zero-order valence-corrected chi connectivity index (χ0v) is 20.3. The van der Waals surface area contributed by atoms with Crippen LogP contribution in [0.5, 0.6) is 5.75 Å². The summed E-state index contributed by atoms with van der Waals surface area (Å²) in [5.74, 6) is 1.03. The number of ether oxygens (including phenoxy) is 3. The molecule has 1 aromatic heterocycles. The highest BCUT2D eigenvalue weighted by Gasteiger charge is 2.33. The molecule has 1 aromatic rings. The van der Waals surface area contributed by atoms with E-state index in [1.807, 2.05) is 0 Å². The van der Waals surface area contributed by atoms with E-state index in [1.54, 1.807) is 32.7 Å². The van der Waals surface area contributed by atoms with Crippen LogP contribution in [0.15, 0.2) is 24.3 Å². The van der Waals surface area contributed by atoms with Crippen LogP contribution in [0.2, 0.25) is 0 Å². The number of anilines is 1. The zero-order chi connectivity index (χ0) is 24.7. The molecule has 2 saturated heterocycles. The van der Waals surface area contributed by atoms with Gasteiger partial charge in [0.1, 0.15) is 18.3 Å². The maximum Gasteiger partial charge on any atom is 0.407 e. The van der Waals surface area contributed by atoms with Gasteiger partial charge in [-0.1, -0.05) is 0 Å². The van der Waals surface area contributed by atoms with Crippen molar-refractivity contribution in [2.75, 3.05) is 44.7 Å². The summed E-state index contributed by atoms with van der Waals surface area (Å²) in [6.07, 6.45) is 4.91. The van der Waals surface area contributed by atoms with Gasteiger partial charge in [0.2, 0.25) is 5.95 Å². The Morgan fingerprint density at radius 3 is 2.44 bits per heavy atom. The molecule has 1 N–H and O–H groups in total. The Kier molecular flexibility index (Phi) is 8.65. The molecule has 11 heteroatoms. The average Bonchev–Trinajstić information content (AvgIpc) is 3.11. The number of hydrogen-bond acceptors (Lipinski definition) is 8. The molecule has 2 aliphatic heterocycles. The van der Waals surface area contributed by atoms with Crippen molar-refractivity contribution >= 4 is 17.9 Å². The van der Waals surface area contributed by atoms with Crippen LogP contribution in [-0.2, 0) is 14.3 Å². The number of hydrogen-bond donors (Lipinski definition) is 1. The normalized spacial score (nSPS) is 20.0. The summed E-state index contributed by atoms with van der Waals surface area (Å²) in [5, 5.41) is 2.49. The molecule has 0 radical (unpaired) electrons. The molecule has 0 unspecified atom stereocenters. The Hall–Kier alpha value is -2.95. The van der Waals surface area contributed by atoms with Crippen molar-refractivity contribution in [2.24, 2.45) is 0 Å². The Balaban J connectivity index is 1.40. The van der Waals surface area contributed by atoms with Crippen molar-refractivity contribution in [2.45, 2.75) is 57.8 Å². The maximum atomic E-state index is 13.2. The van der Waals surface area contributed by atoms with E-state index in [-0.39, 0.29) is 36.8 Å². The molecule has 3 rings (SSSR count). The molecule has 34 heavy (non-hydrogen) atoms. The van der Waals surface area contributed by atoms with Crippen molar-refractivity contribution < 1.29 is 28.2 Å². The topological polar surface area (TPSA) is 106 Å². The summed E-state index contributed by atoms with van der Waals surface area (Å²) in [7, 11) is 1.80. The van der Waals surface area contributed by atoms with Gasteiger partial charge >= 0.3 is 6.09 Å². The van der Waals surface area contributed by atoms with E-state index in [1.165, 1.54) is 12.4 Å². The van der Waals surface area contributed by atoms with Gasteiger partial charge in [-0.05, 0) is 33.6 Å². The smallest absolute Gasteiger partial charge is 0.407 e. The first-order chi connectivity index (χ1) is 16.1. The second-order valence-electron chi connectivity index (χ2n) is 9.49. The molecule has 2 aliphatic rings. The molecule has 188 valence electrons. The lowest BCUT2D eigenvalue weighted by Gasteiger charge is -2.32. The highest BCUT2D eigenvalue weighted by molar-refractivity contribution is 5.82. The van der Waals surface area contributed by atoms with Crippen LogP contribution in [0.4, 0.5) is 15.1 Å². The average molecular weight is 480 g/mol. The van der Waals surface area contributed by atoms with Crippen LogP contribution in [-0.4, -0.2) is 84.5 Å². The largest absolute Gasteiger partial charge is 0.486 e. The van der Waals surface area contributed by atoms with Gasteiger partial charge in [-0.25, -0.2) is 19.2 Å². The maximum absolute atomic E-state index is 13.2. The molecule has 0 aromatic carbocycles. The summed E-state index contributed by atoms with van der Waals surface area (Å²) < 4.78 is 29.8. The number of carbonyl (C=O) groups excluding carboxylic acids is 2. The lowest BCUT2D eigenvalue weighted by molar-refractivity contribution is -0.140. The van der Waals surface area contributed by atoms with Gasteiger partial charge < -0.3 is 29.3 Å². The summed E-state index contributed by atoms with van der Waals surface area (Å²) >= 11 is 0. The summed E-state index contributed by atoms with van der Waals surface area (Å²) in [6.45, 7) is 7.35. The number of amides is 2. The number of carbonyl (C=O) groups is 2. The number of rotatable bonds is 8. The van der Waals surface area contributed by atoms with Gasteiger partial charge in [0.25, 0.3) is 5.91 Å². The predicted molar refractivity (Wildman–Crippen MR) is 123 cm³/mol. The third-order valence-electron chi connectivity index (χ3n) is 5.51. The highest BCUT2D eigenvalue weighted by Crippen LogP contribution is 2.23. The van der Waals surface area contributed by atoms with Gasteiger partial charge in [-0.3, -0.25) is 4.79 Å². The van der Waals surface area contributed by atoms with E-state index in [2.05, 4.69) is 20.2 Å². The number of aromatic nitrogens is 2. The number of nitrogens with zero attached hydrogens (tertiary/aromatic N) is 4. The second kappa shape index (κ2) is 11.5. The summed E-state index contributed by atoms with van der Waals surface area (Å²) in [4.78, 5) is 36.2. The molecule has 1 atom stereocenters. The summed E-state index contributed by atoms with van der Waals surface area (Å²) in [5.41, 5.74) is -0.392. The molecule has 0 spiro atoms. The van der Waals surface area contributed by atoms with E-state index in [4.69, 9.17) is 14.2 Å². The van der Waals surface area contributed by atoms with Crippen molar-refractivity contribution in [3.63, 3.8) is 0 Å². The van der Waals surface area contributed by atoms with Gasteiger partial charge in [-0.2, -0.15) is 0 Å². The Bertz CT molecular complexity index is 865. The number of likely N-dealkylation sites (tertiary alicyclic amines) is 1. The number of nitrogens with one attached hydrogen (secondary N) is 1. The van der Waals surface area contributed by atoms with Crippen LogP contribution in [0.25, 0.3) is 0 Å². The molecular formula is C23H34FN5O5. The van der Waals surface area contributed by atoms with E-state index < -0.39 is 11.7 Å². The Morgan fingerprint density at radius 2 is 1.88 bits per heavy atom. The molecule has 0 saturated carbocycles. The minimum Gasteiger partial charge on any atom is -0.486 e. The van der Waals surface area contributed by atoms with Crippen molar-refractivity contribution in [3.05, 3.63) is 24.3 Å². The SMILES string of the molecule is CN1CC[C@H](OC2CCN(c3ncc(OC/C(=C/F)CNC(=O)OC(C)(C)C)cn3)CC2)C1=O. The van der Waals surface area contributed by atoms with E-state index in [0.29, 0.717) is 18.0 Å². The van der Waals surface area contributed by atoms with Crippen molar-refractivity contribution in [1.29, 1.82) is 0 Å². The minimum atomic E-state index is -0.631. The minimum absolute atomic E-state index is 0.0376. The molecular weight excluding hydrogens is 445 g/mol. The third-order valence-corrected chi connectivity index (χ3v) is 5.51. The molecule has 0 aliphatic carbocycles. The van der Waals surface area contributed by atoms with Crippen LogP contribution in [0, 0.1) is 0 Å². The van der Waals surface area contributed by atoms with Crippen molar-refractivity contribution in [1.82, 2.24) is 20.2 Å². The highest BCUT2D eigenvalue weighted by atomic mass is 19.1. The van der Waals surface area contributed by atoms with E-state index in [0.717, 1.165) is 38.9 Å². The first kappa shape index (κ1) is 25.7. The van der Waals surface area contributed by atoms with Crippen LogP contribution in [0.1, 0.15) is 40.0 Å². The number of alkyl carbamates (subject to hydrolysis) is 1. The second-order valence-corrected chi connectivity index (χ2v) is 9.49. The van der Waals surface area contributed by atoms with E-state index in [9.17, 15) is 14.0 Å². The quantitative estimate of drug-likeness (QED) is 0.606. The fourth-order valence-corrected chi connectivity index (χ4v) is 3.69. The number of halogens is 1. The monoisotopic (exact) mass is 479 g/mol. The molecule has 2 fully saturated rings. The lowest BCUT2D eigenvalue weighted by Crippen LogP contribution is -2.40. The van der Waals surface area contributed by atoms with E-state index >= 15 is 0 Å². The first-order valence-electron chi connectivity index (χ1n) is 11.5. The standard InChI is InChI=1S/C23H34FN5O5/c1-23(2,3)34-22(31)27-12-16(11-24)15-32-18-13-25-21(26-14-18)29-9-5-17(6-10-29)33-19-7-8-28(4)20(19)30/h11,13-14,17,19H,5-10,12,15H2,1-4H3,(H,27,31)/b16-11+/t19-/m0/s1. The summed E-state index contributed by atoms with van der Waals surface area (Å²) in [6, 6.07) is 0. The van der Waals surface area contributed by atoms with Gasteiger partial charge in [0, 0.05) is 45.2 Å². The van der Waals surface area contributed by atoms with Crippen molar-refractivity contribution in [3.8, 4) is 5.75 Å². The number of piperidine rings is 1. The predicted octanol–water partition coefficient (Wildman–Crippen LogP) is 2.45. The van der Waals surface area contributed by atoms with Gasteiger partial charge in [0.05, 0.1) is 24.8 Å². The lowest BCUT2D eigenvalue weighted by atomic mass is 10.1. The molecule has 2 amide bonds. The molecule has 0 bridgehead atoms. The van der Waals surface area contributed by atoms with Gasteiger partial charge in [0.15, 0.2) is 5.75 Å². The molecule has 10 nitrogen and oxygen atoms in total. The number of likely N-dealkylation sites (N-methyl/N-ethyl adjacent to an activating group) is 1. The third kappa shape index (κ3) is 7.54. The van der Waals surface area contributed by atoms with Gasteiger partial charge in [-0.15, -0.1) is 0 Å². The van der Waals surface area contributed by atoms with Crippen LogP contribution in [0.3, 0.4) is 0 Å². The Labute approximate surface area is 199 Å². The Morgan fingerprint density at radius 1 is 1.21 bits per heavy atom. The zero-order valence-electron chi connectivity index (χ0n) is 20.3. The fraction of sp³-hybridized carbons (Fsp3) is 0.652. The van der Waals surface area contributed by atoms with Crippen LogP contribution < -0.4 is 15.0 Å².